The molecule has 0 saturated carbocycles. The van der Waals surface area contributed by atoms with Gasteiger partial charge < -0.3 is 9.64 Å². The molecule has 2 rings (SSSR count). The Morgan fingerprint density at radius 3 is 2.89 bits per heavy atom. The lowest BCUT2D eigenvalue weighted by molar-refractivity contribution is -0.137. The molecule has 0 N–H and O–H groups in total. The molecule has 0 spiro atoms. The van der Waals surface area contributed by atoms with E-state index in [0.29, 0.717) is 13.2 Å². The van der Waals surface area contributed by atoms with Crippen LogP contribution in [0.25, 0.3) is 0 Å². The third kappa shape index (κ3) is 3.32. The first kappa shape index (κ1) is 13.1. The van der Waals surface area contributed by atoms with Gasteiger partial charge in [-0.15, -0.1) is 0 Å². The van der Waals surface area contributed by atoms with Crippen LogP contribution >= 0.6 is 0 Å². The summed E-state index contributed by atoms with van der Waals surface area (Å²) in [5, 5.41) is 4.13. The van der Waals surface area contributed by atoms with Crippen LogP contribution in [0.1, 0.15) is 18.4 Å². The highest BCUT2D eigenvalue weighted by Gasteiger charge is 2.24. The summed E-state index contributed by atoms with van der Waals surface area (Å²) in [4.78, 5) is 14.0. The number of amides is 1. The molecule has 2 heterocycles. The fraction of sp³-hybridized carbons (Fsp3) is 0.692. The molecular weight excluding hydrogens is 230 g/mol. The molecule has 1 amide bonds. The van der Waals surface area contributed by atoms with Crippen LogP contribution in [0.15, 0.2) is 12.4 Å². The largest absolute Gasteiger partial charge is 0.381 e. The van der Waals surface area contributed by atoms with Crippen molar-refractivity contribution in [3.8, 4) is 0 Å². The van der Waals surface area contributed by atoms with Crippen molar-refractivity contribution in [1.82, 2.24) is 14.7 Å². The Kier molecular flexibility index (Phi) is 4.36. The first-order chi connectivity index (χ1) is 8.66. The van der Waals surface area contributed by atoms with Gasteiger partial charge in [0, 0.05) is 46.0 Å². The maximum atomic E-state index is 12.2. The number of hydrogen-bond acceptors (Lipinski definition) is 3. The second kappa shape index (κ2) is 6.00. The van der Waals surface area contributed by atoms with Crippen molar-refractivity contribution in [1.29, 1.82) is 0 Å². The number of rotatable bonds is 4. The first-order valence-corrected chi connectivity index (χ1v) is 6.47. The molecule has 1 aromatic heterocycles. The van der Waals surface area contributed by atoms with Crippen molar-refractivity contribution < 1.29 is 9.53 Å². The number of likely N-dealkylation sites (N-methyl/N-ethyl adjacent to an activating group) is 1. The minimum Gasteiger partial charge on any atom is -0.381 e. The van der Waals surface area contributed by atoms with Crippen LogP contribution in [0.2, 0.25) is 0 Å². The minimum absolute atomic E-state index is 0.151. The summed E-state index contributed by atoms with van der Waals surface area (Å²) in [5.74, 6) is 0.403. The maximum Gasteiger partial charge on any atom is 0.225 e. The molecule has 1 aromatic rings. The molecule has 1 saturated heterocycles. The molecule has 0 aromatic carbocycles. The molecule has 0 unspecified atom stereocenters. The molecule has 0 atom stereocenters. The van der Waals surface area contributed by atoms with Crippen LogP contribution in [0.5, 0.6) is 0 Å². The van der Waals surface area contributed by atoms with Crippen LogP contribution < -0.4 is 0 Å². The summed E-state index contributed by atoms with van der Waals surface area (Å²) in [6, 6.07) is 0. The fourth-order valence-corrected chi connectivity index (χ4v) is 2.26. The lowest BCUT2D eigenvalue weighted by Gasteiger charge is -2.26. The molecule has 18 heavy (non-hydrogen) atoms. The Bertz CT molecular complexity index is 397. The van der Waals surface area contributed by atoms with E-state index in [1.165, 1.54) is 5.56 Å². The summed E-state index contributed by atoms with van der Waals surface area (Å²) < 4.78 is 7.07. The number of ether oxygens (including phenoxy) is 1. The van der Waals surface area contributed by atoms with Crippen molar-refractivity contribution in [3.63, 3.8) is 0 Å². The number of nitrogens with zero attached hydrogens (tertiary/aromatic N) is 3. The number of aromatic nitrogens is 2. The van der Waals surface area contributed by atoms with E-state index in [-0.39, 0.29) is 11.8 Å². The van der Waals surface area contributed by atoms with Gasteiger partial charge in [-0.1, -0.05) is 0 Å². The molecular formula is C13H21N3O2. The summed E-state index contributed by atoms with van der Waals surface area (Å²) in [6.07, 6.45) is 6.42. The van der Waals surface area contributed by atoms with E-state index in [0.717, 1.165) is 25.8 Å². The topological polar surface area (TPSA) is 47.4 Å². The van der Waals surface area contributed by atoms with E-state index in [1.54, 1.807) is 4.68 Å². The Labute approximate surface area is 108 Å². The van der Waals surface area contributed by atoms with Crippen LogP contribution in [-0.4, -0.2) is 47.4 Å². The standard InChI is InChI=1S/C13H21N3O2/c1-15(6-3-11-9-14-16(2)10-11)13(17)12-4-7-18-8-5-12/h9-10,12H,3-8H2,1-2H3. The molecule has 5 heteroatoms. The predicted molar refractivity (Wildman–Crippen MR) is 68.1 cm³/mol. The molecule has 0 aliphatic carbocycles. The van der Waals surface area contributed by atoms with Crippen LogP contribution in [-0.2, 0) is 23.0 Å². The average molecular weight is 251 g/mol. The zero-order valence-electron chi connectivity index (χ0n) is 11.1. The smallest absolute Gasteiger partial charge is 0.225 e. The normalized spacial score (nSPS) is 16.8. The van der Waals surface area contributed by atoms with E-state index >= 15 is 0 Å². The third-order valence-corrected chi connectivity index (χ3v) is 3.44. The lowest BCUT2D eigenvalue weighted by Crippen LogP contribution is -2.37. The Balaban J connectivity index is 1.79. The highest BCUT2D eigenvalue weighted by molar-refractivity contribution is 5.78. The van der Waals surface area contributed by atoms with Crippen LogP contribution in [0, 0.1) is 5.92 Å². The summed E-state index contributed by atoms with van der Waals surface area (Å²) >= 11 is 0. The van der Waals surface area contributed by atoms with E-state index < -0.39 is 0 Å². The molecule has 1 aliphatic heterocycles. The number of hydrogen-bond donors (Lipinski definition) is 0. The van der Waals surface area contributed by atoms with Gasteiger partial charge in [0.2, 0.25) is 5.91 Å². The molecule has 100 valence electrons. The zero-order chi connectivity index (χ0) is 13.0. The van der Waals surface area contributed by atoms with Crippen molar-refractivity contribution in [2.75, 3.05) is 26.8 Å². The maximum absolute atomic E-state index is 12.2. The van der Waals surface area contributed by atoms with Crippen molar-refractivity contribution in [2.45, 2.75) is 19.3 Å². The summed E-state index contributed by atoms with van der Waals surface area (Å²) in [6.45, 7) is 2.18. The van der Waals surface area contributed by atoms with Gasteiger partial charge in [-0.3, -0.25) is 9.48 Å². The van der Waals surface area contributed by atoms with Crippen molar-refractivity contribution in [2.24, 2.45) is 13.0 Å². The average Bonchev–Trinajstić information content (AvgIpc) is 2.82. The predicted octanol–water partition coefficient (Wildman–Crippen LogP) is 0.848. The van der Waals surface area contributed by atoms with Crippen molar-refractivity contribution >= 4 is 5.91 Å². The fourth-order valence-electron chi connectivity index (χ4n) is 2.26. The second-order valence-electron chi connectivity index (χ2n) is 4.92. The number of carbonyl (C=O) groups excluding carboxylic acids is 1. The second-order valence-corrected chi connectivity index (χ2v) is 4.92. The summed E-state index contributed by atoms with van der Waals surface area (Å²) in [7, 11) is 3.79. The SMILES string of the molecule is CN(CCc1cnn(C)c1)C(=O)C1CCOCC1. The zero-order valence-corrected chi connectivity index (χ0v) is 11.1. The van der Waals surface area contributed by atoms with Gasteiger partial charge in [-0.05, 0) is 24.8 Å². The van der Waals surface area contributed by atoms with E-state index in [4.69, 9.17) is 4.74 Å². The van der Waals surface area contributed by atoms with E-state index in [1.807, 2.05) is 31.4 Å². The van der Waals surface area contributed by atoms with Gasteiger partial charge in [-0.2, -0.15) is 5.10 Å². The van der Waals surface area contributed by atoms with Gasteiger partial charge in [0.1, 0.15) is 0 Å². The van der Waals surface area contributed by atoms with Crippen LogP contribution in [0.3, 0.4) is 0 Å². The van der Waals surface area contributed by atoms with Gasteiger partial charge in [0.25, 0.3) is 0 Å². The highest BCUT2D eigenvalue weighted by Crippen LogP contribution is 2.17. The molecule has 0 radical (unpaired) electrons. The minimum atomic E-state index is 0.151. The first-order valence-electron chi connectivity index (χ1n) is 6.47. The number of carbonyl (C=O) groups is 1. The molecule has 5 nitrogen and oxygen atoms in total. The Morgan fingerprint density at radius 2 is 2.28 bits per heavy atom. The Hall–Kier alpha value is -1.36. The summed E-state index contributed by atoms with van der Waals surface area (Å²) in [5.41, 5.74) is 1.17. The lowest BCUT2D eigenvalue weighted by atomic mass is 9.99. The van der Waals surface area contributed by atoms with E-state index in [9.17, 15) is 4.79 Å². The van der Waals surface area contributed by atoms with Gasteiger partial charge in [0.05, 0.1) is 6.20 Å². The van der Waals surface area contributed by atoms with Gasteiger partial charge in [0.15, 0.2) is 0 Å². The van der Waals surface area contributed by atoms with E-state index in [2.05, 4.69) is 5.10 Å². The van der Waals surface area contributed by atoms with Crippen LogP contribution in [0.4, 0.5) is 0 Å². The van der Waals surface area contributed by atoms with Gasteiger partial charge >= 0.3 is 0 Å². The third-order valence-electron chi connectivity index (χ3n) is 3.44. The van der Waals surface area contributed by atoms with Crippen molar-refractivity contribution in [3.05, 3.63) is 18.0 Å². The Morgan fingerprint density at radius 1 is 1.56 bits per heavy atom. The molecule has 0 bridgehead atoms. The molecule has 1 aliphatic rings. The quantitative estimate of drug-likeness (QED) is 0.797. The monoisotopic (exact) mass is 251 g/mol. The number of aryl methyl sites for hydroxylation is 1. The molecule has 1 fully saturated rings. The van der Waals surface area contributed by atoms with Gasteiger partial charge in [-0.25, -0.2) is 0 Å². The highest BCUT2D eigenvalue weighted by atomic mass is 16.5.